The summed E-state index contributed by atoms with van der Waals surface area (Å²) in [4.78, 5) is 52.9. The van der Waals surface area contributed by atoms with Crippen molar-refractivity contribution < 1.29 is 28.3 Å². The van der Waals surface area contributed by atoms with Crippen molar-refractivity contribution in [1.29, 1.82) is 0 Å². The van der Waals surface area contributed by atoms with Crippen LogP contribution in [-0.4, -0.2) is 47.3 Å². The average molecular weight is 396 g/mol. The van der Waals surface area contributed by atoms with Gasteiger partial charge in [0.2, 0.25) is 5.91 Å². The molecule has 8 heteroatoms. The first-order valence-corrected chi connectivity index (χ1v) is 9.51. The lowest BCUT2D eigenvalue weighted by atomic mass is 10.2. The molecule has 2 heterocycles. The van der Waals surface area contributed by atoms with Gasteiger partial charge in [-0.1, -0.05) is 0 Å². The Hall–Kier alpha value is -3.42. The third kappa shape index (κ3) is 3.53. The highest BCUT2D eigenvalue weighted by atomic mass is 16.5. The molecule has 3 amide bonds. The van der Waals surface area contributed by atoms with Gasteiger partial charge in [-0.3, -0.25) is 14.4 Å². The van der Waals surface area contributed by atoms with Crippen LogP contribution in [0.1, 0.15) is 47.1 Å². The maximum Gasteiger partial charge on any atom is 0.338 e. The van der Waals surface area contributed by atoms with Gasteiger partial charge in [0.05, 0.1) is 30.5 Å². The van der Waals surface area contributed by atoms with E-state index >= 15 is 0 Å². The molecule has 1 aliphatic heterocycles. The van der Waals surface area contributed by atoms with Crippen LogP contribution in [0.5, 0.6) is 0 Å². The lowest BCUT2D eigenvalue weighted by molar-refractivity contribution is -0.122. The molecular weight excluding hydrogens is 376 g/mol. The number of furan rings is 1. The van der Waals surface area contributed by atoms with Crippen molar-refractivity contribution in [3.05, 3.63) is 54.0 Å². The van der Waals surface area contributed by atoms with E-state index in [1.165, 1.54) is 35.4 Å². The number of anilines is 1. The summed E-state index contributed by atoms with van der Waals surface area (Å²) in [5.74, 6) is -1.55. The molecule has 150 valence electrons. The van der Waals surface area contributed by atoms with Crippen molar-refractivity contribution in [2.24, 2.45) is 0 Å². The highest BCUT2D eigenvalue weighted by Crippen LogP contribution is 2.35. The molecule has 1 saturated heterocycles. The molecule has 1 unspecified atom stereocenters. The maximum absolute atomic E-state index is 13.1. The van der Waals surface area contributed by atoms with Crippen LogP contribution in [0.2, 0.25) is 0 Å². The van der Waals surface area contributed by atoms with Crippen LogP contribution in [-0.2, 0) is 14.3 Å². The molecule has 4 rings (SSSR count). The standard InChI is InChI=1S/C21H20N2O6/c1-2-28-21(27)13-5-7-15(8-6-13)23-18(24)12-16(19(23)25)22(14-9-10-14)20(26)17-4-3-11-29-17/h3-8,11,14,16H,2,9-10,12H2,1H3. The zero-order valence-electron chi connectivity index (χ0n) is 15.9. The summed E-state index contributed by atoms with van der Waals surface area (Å²) in [6, 6.07) is 8.29. The molecule has 0 spiro atoms. The van der Waals surface area contributed by atoms with Crippen LogP contribution in [0.25, 0.3) is 0 Å². The summed E-state index contributed by atoms with van der Waals surface area (Å²) in [7, 11) is 0. The number of hydrogen-bond acceptors (Lipinski definition) is 6. The van der Waals surface area contributed by atoms with Crippen molar-refractivity contribution in [2.45, 2.75) is 38.3 Å². The van der Waals surface area contributed by atoms with Gasteiger partial charge in [-0.15, -0.1) is 0 Å². The Morgan fingerprint density at radius 2 is 1.90 bits per heavy atom. The largest absolute Gasteiger partial charge is 0.462 e. The van der Waals surface area contributed by atoms with E-state index in [1.54, 1.807) is 19.1 Å². The monoisotopic (exact) mass is 396 g/mol. The van der Waals surface area contributed by atoms with Crippen LogP contribution >= 0.6 is 0 Å². The summed E-state index contributed by atoms with van der Waals surface area (Å²) in [5.41, 5.74) is 0.690. The molecule has 29 heavy (non-hydrogen) atoms. The van der Waals surface area contributed by atoms with Gasteiger partial charge in [-0.25, -0.2) is 9.69 Å². The van der Waals surface area contributed by atoms with E-state index in [2.05, 4.69) is 0 Å². The predicted octanol–water partition coefficient (Wildman–Crippen LogP) is 2.39. The summed E-state index contributed by atoms with van der Waals surface area (Å²) >= 11 is 0. The Bertz CT molecular complexity index is 946. The SMILES string of the molecule is CCOC(=O)c1ccc(N2C(=O)CC(N(C(=O)c3ccco3)C3CC3)C2=O)cc1. The molecule has 1 aromatic heterocycles. The van der Waals surface area contributed by atoms with Crippen molar-refractivity contribution in [3.8, 4) is 0 Å². The number of ether oxygens (including phenoxy) is 1. The van der Waals surface area contributed by atoms with Gasteiger partial charge in [0.15, 0.2) is 5.76 Å². The number of hydrogen-bond donors (Lipinski definition) is 0. The Morgan fingerprint density at radius 1 is 1.17 bits per heavy atom. The first-order chi connectivity index (χ1) is 14.0. The number of esters is 1. The summed E-state index contributed by atoms with van der Waals surface area (Å²) in [6.45, 7) is 1.97. The Kier molecular flexibility index (Phi) is 4.92. The van der Waals surface area contributed by atoms with Gasteiger partial charge in [0.25, 0.3) is 11.8 Å². The van der Waals surface area contributed by atoms with Crippen LogP contribution in [0.3, 0.4) is 0 Å². The minimum Gasteiger partial charge on any atom is -0.462 e. The number of carbonyl (C=O) groups is 4. The highest BCUT2D eigenvalue weighted by Gasteiger charge is 2.49. The van der Waals surface area contributed by atoms with Gasteiger partial charge < -0.3 is 14.1 Å². The predicted molar refractivity (Wildman–Crippen MR) is 101 cm³/mol. The lowest BCUT2D eigenvalue weighted by Crippen LogP contribution is -2.46. The zero-order chi connectivity index (χ0) is 20.5. The normalized spacial score (nSPS) is 18.8. The molecule has 1 aliphatic carbocycles. The van der Waals surface area contributed by atoms with E-state index in [1.807, 2.05) is 0 Å². The average Bonchev–Trinajstić information content (AvgIpc) is 3.30. The van der Waals surface area contributed by atoms with Crippen molar-refractivity contribution >= 4 is 29.4 Å². The van der Waals surface area contributed by atoms with E-state index < -0.39 is 17.9 Å². The molecule has 2 aliphatic rings. The van der Waals surface area contributed by atoms with E-state index in [9.17, 15) is 19.2 Å². The molecule has 2 fully saturated rings. The van der Waals surface area contributed by atoms with Crippen LogP contribution < -0.4 is 4.90 Å². The summed E-state index contributed by atoms with van der Waals surface area (Å²) in [5, 5.41) is 0. The Morgan fingerprint density at radius 3 is 2.48 bits per heavy atom. The maximum atomic E-state index is 13.1. The van der Waals surface area contributed by atoms with Crippen molar-refractivity contribution in [1.82, 2.24) is 4.90 Å². The van der Waals surface area contributed by atoms with E-state index in [0.29, 0.717) is 11.3 Å². The minimum absolute atomic E-state index is 0.0690. The first-order valence-electron chi connectivity index (χ1n) is 9.51. The minimum atomic E-state index is -0.864. The smallest absolute Gasteiger partial charge is 0.338 e. The summed E-state index contributed by atoms with van der Waals surface area (Å²) in [6.07, 6.45) is 2.90. The second-order valence-electron chi connectivity index (χ2n) is 6.98. The molecule has 0 bridgehead atoms. The number of benzene rings is 1. The van der Waals surface area contributed by atoms with Gasteiger partial charge >= 0.3 is 5.97 Å². The number of rotatable bonds is 6. The highest BCUT2D eigenvalue weighted by molar-refractivity contribution is 6.23. The van der Waals surface area contributed by atoms with Crippen LogP contribution in [0.15, 0.2) is 47.1 Å². The molecule has 8 nitrogen and oxygen atoms in total. The molecule has 1 atom stereocenters. The second kappa shape index (κ2) is 7.54. The molecule has 0 radical (unpaired) electrons. The van der Waals surface area contributed by atoms with Gasteiger partial charge in [-0.05, 0) is 56.2 Å². The molecule has 2 aromatic rings. The zero-order valence-corrected chi connectivity index (χ0v) is 15.9. The Labute approximate surface area is 167 Å². The Balaban J connectivity index is 1.57. The fourth-order valence-electron chi connectivity index (χ4n) is 3.51. The molecule has 0 N–H and O–H groups in total. The fourth-order valence-corrected chi connectivity index (χ4v) is 3.51. The van der Waals surface area contributed by atoms with Crippen LogP contribution in [0.4, 0.5) is 5.69 Å². The van der Waals surface area contributed by atoms with Gasteiger partial charge in [0, 0.05) is 6.04 Å². The van der Waals surface area contributed by atoms with Crippen molar-refractivity contribution in [3.63, 3.8) is 0 Å². The summed E-state index contributed by atoms with van der Waals surface area (Å²) < 4.78 is 10.1. The van der Waals surface area contributed by atoms with Gasteiger partial charge in [-0.2, -0.15) is 0 Å². The number of amides is 3. The topological polar surface area (TPSA) is 97.1 Å². The lowest BCUT2D eigenvalue weighted by Gasteiger charge is -2.26. The van der Waals surface area contributed by atoms with Gasteiger partial charge in [0.1, 0.15) is 6.04 Å². The molecule has 1 aromatic carbocycles. The third-order valence-electron chi connectivity index (χ3n) is 5.00. The van der Waals surface area contributed by atoms with Crippen molar-refractivity contribution in [2.75, 3.05) is 11.5 Å². The van der Waals surface area contributed by atoms with E-state index in [0.717, 1.165) is 17.7 Å². The first kappa shape index (κ1) is 18.9. The molecular formula is C21H20N2O6. The molecule has 1 saturated carbocycles. The second-order valence-corrected chi connectivity index (χ2v) is 6.98. The van der Waals surface area contributed by atoms with E-state index in [-0.39, 0.29) is 36.6 Å². The fraction of sp³-hybridized carbons (Fsp3) is 0.333. The number of carbonyl (C=O) groups excluding carboxylic acids is 4. The third-order valence-corrected chi connectivity index (χ3v) is 5.00. The van der Waals surface area contributed by atoms with Crippen LogP contribution in [0, 0.1) is 0 Å². The number of nitrogens with zero attached hydrogens (tertiary/aromatic N) is 2. The quantitative estimate of drug-likeness (QED) is 0.549. The van der Waals surface area contributed by atoms with E-state index in [4.69, 9.17) is 9.15 Å². The number of imide groups is 1.